The van der Waals surface area contributed by atoms with Crippen molar-refractivity contribution in [2.75, 3.05) is 31.1 Å². The first-order chi connectivity index (χ1) is 13.9. The van der Waals surface area contributed by atoms with Gasteiger partial charge in [0.2, 0.25) is 5.88 Å². The highest BCUT2D eigenvalue weighted by atomic mass is 19.1. The van der Waals surface area contributed by atoms with E-state index in [2.05, 4.69) is 20.0 Å². The number of ether oxygens (including phenoxy) is 1. The molecule has 9 heteroatoms. The summed E-state index contributed by atoms with van der Waals surface area (Å²) in [5.74, 6) is 0.735. The lowest BCUT2D eigenvalue weighted by atomic mass is 10.1. The van der Waals surface area contributed by atoms with Gasteiger partial charge in [0, 0.05) is 44.7 Å². The van der Waals surface area contributed by atoms with E-state index in [-0.39, 0.29) is 23.5 Å². The van der Waals surface area contributed by atoms with Crippen molar-refractivity contribution in [1.29, 1.82) is 0 Å². The lowest BCUT2D eigenvalue weighted by Gasteiger charge is -2.35. The minimum absolute atomic E-state index is 0.0326. The Morgan fingerprint density at radius 3 is 2.62 bits per heavy atom. The fourth-order valence-electron chi connectivity index (χ4n) is 3.49. The van der Waals surface area contributed by atoms with Crippen molar-refractivity contribution < 1.29 is 13.9 Å². The van der Waals surface area contributed by atoms with Gasteiger partial charge in [-0.3, -0.25) is 9.48 Å². The van der Waals surface area contributed by atoms with Gasteiger partial charge in [-0.2, -0.15) is 5.10 Å². The van der Waals surface area contributed by atoms with Crippen molar-refractivity contribution in [3.8, 4) is 5.88 Å². The maximum absolute atomic E-state index is 13.7. The Kier molecular flexibility index (Phi) is 5.04. The number of anilines is 1. The number of hydrogen-bond donors (Lipinski definition) is 0. The van der Waals surface area contributed by atoms with Gasteiger partial charge >= 0.3 is 0 Å². The van der Waals surface area contributed by atoms with Gasteiger partial charge in [-0.15, -0.1) is 0 Å². The highest BCUT2D eigenvalue weighted by Gasteiger charge is 2.26. The van der Waals surface area contributed by atoms with E-state index in [1.165, 1.54) is 18.5 Å². The number of rotatable bonds is 4. The summed E-state index contributed by atoms with van der Waals surface area (Å²) >= 11 is 0. The predicted molar refractivity (Wildman–Crippen MR) is 107 cm³/mol. The Labute approximate surface area is 167 Å². The van der Waals surface area contributed by atoms with Crippen LogP contribution in [0.2, 0.25) is 0 Å². The average Bonchev–Trinajstić information content (AvgIpc) is 3.03. The molecule has 1 aromatic carbocycles. The molecule has 0 N–H and O–H groups in total. The minimum atomic E-state index is -0.382. The third-order valence-corrected chi connectivity index (χ3v) is 4.89. The molecule has 1 saturated heterocycles. The van der Waals surface area contributed by atoms with Gasteiger partial charge in [-0.1, -0.05) is 0 Å². The summed E-state index contributed by atoms with van der Waals surface area (Å²) in [6.07, 6.45) is 1.52. The minimum Gasteiger partial charge on any atom is -0.475 e. The lowest BCUT2D eigenvalue weighted by molar-refractivity contribution is 0.0741. The molecule has 0 bridgehead atoms. The molecular formula is C20H23FN6O2. The molecule has 0 aliphatic carbocycles. The van der Waals surface area contributed by atoms with Gasteiger partial charge in [0.15, 0.2) is 5.69 Å². The second-order valence-electron chi connectivity index (χ2n) is 7.29. The third kappa shape index (κ3) is 3.85. The van der Waals surface area contributed by atoms with Crippen molar-refractivity contribution in [1.82, 2.24) is 24.6 Å². The SMILES string of the molecule is CC(C)Oc1cc(N2CCN(C(=O)c3nn(C)c4ccc(F)cc34)CC2)ncn1. The summed E-state index contributed by atoms with van der Waals surface area (Å²) < 4.78 is 20.9. The summed E-state index contributed by atoms with van der Waals surface area (Å²) in [7, 11) is 1.75. The van der Waals surface area contributed by atoms with Crippen LogP contribution in [0.25, 0.3) is 10.9 Å². The van der Waals surface area contributed by atoms with Crippen molar-refractivity contribution in [3.05, 3.63) is 42.1 Å². The molecule has 1 amide bonds. The van der Waals surface area contributed by atoms with Crippen LogP contribution in [-0.2, 0) is 7.05 Å². The maximum Gasteiger partial charge on any atom is 0.275 e. The normalized spacial score (nSPS) is 14.7. The Morgan fingerprint density at radius 2 is 1.90 bits per heavy atom. The van der Waals surface area contributed by atoms with Crippen molar-refractivity contribution >= 4 is 22.6 Å². The van der Waals surface area contributed by atoms with Gasteiger partial charge in [-0.05, 0) is 32.0 Å². The van der Waals surface area contributed by atoms with E-state index in [1.54, 1.807) is 22.7 Å². The van der Waals surface area contributed by atoms with E-state index in [4.69, 9.17) is 4.74 Å². The molecule has 1 aliphatic heterocycles. The van der Waals surface area contributed by atoms with Crippen LogP contribution in [-0.4, -0.2) is 62.8 Å². The first-order valence-electron chi connectivity index (χ1n) is 9.57. The molecule has 0 unspecified atom stereocenters. The summed E-state index contributed by atoms with van der Waals surface area (Å²) in [6, 6.07) is 6.18. The molecule has 3 heterocycles. The van der Waals surface area contributed by atoms with E-state index >= 15 is 0 Å². The monoisotopic (exact) mass is 398 g/mol. The molecule has 29 heavy (non-hydrogen) atoms. The Balaban J connectivity index is 1.48. The number of halogens is 1. The summed E-state index contributed by atoms with van der Waals surface area (Å²) in [4.78, 5) is 25.3. The topological polar surface area (TPSA) is 76.4 Å². The second kappa shape index (κ2) is 7.65. The van der Waals surface area contributed by atoms with Crippen LogP contribution in [0.1, 0.15) is 24.3 Å². The molecule has 1 fully saturated rings. The summed E-state index contributed by atoms with van der Waals surface area (Å²) in [6.45, 7) is 6.19. The summed E-state index contributed by atoms with van der Waals surface area (Å²) in [5, 5.41) is 4.86. The third-order valence-electron chi connectivity index (χ3n) is 4.89. The molecular weight excluding hydrogens is 375 g/mol. The van der Waals surface area contributed by atoms with Crippen LogP contribution in [0.5, 0.6) is 5.88 Å². The molecule has 1 aliphatic rings. The van der Waals surface area contributed by atoms with Gasteiger partial charge < -0.3 is 14.5 Å². The average molecular weight is 398 g/mol. The van der Waals surface area contributed by atoms with Crippen LogP contribution in [0.15, 0.2) is 30.6 Å². The zero-order valence-electron chi connectivity index (χ0n) is 16.7. The smallest absolute Gasteiger partial charge is 0.275 e. The van der Waals surface area contributed by atoms with Crippen LogP contribution in [0.4, 0.5) is 10.2 Å². The van der Waals surface area contributed by atoms with E-state index in [0.717, 1.165) is 11.3 Å². The van der Waals surface area contributed by atoms with E-state index in [1.807, 2.05) is 19.9 Å². The number of fused-ring (bicyclic) bond motifs is 1. The number of hydrogen-bond acceptors (Lipinski definition) is 6. The fourth-order valence-corrected chi connectivity index (χ4v) is 3.49. The quantitative estimate of drug-likeness (QED) is 0.671. The van der Waals surface area contributed by atoms with Crippen LogP contribution in [0.3, 0.4) is 0 Å². The number of aryl methyl sites for hydroxylation is 1. The molecule has 0 saturated carbocycles. The van der Waals surface area contributed by atoms with E-state index in [9.17, 15) is 9.18 Å². The molecule has 152 valence electrons. The molecule has 2 aromatic heterocycles. The number of benzene rings is 1. The number of nitrogens with zero attached hydrogens (tertiary/aromatic N) is 6. The predicted octanol–water partition coefficient (Wildman–Crippen LogP) is 2.25. The van der Waals surface area contributed by atoms with Crippen molar-refractivity contribution in [3.63, 3.8) is 0 Å². The molecule has 0 spiro atoms. The van der Waals surface area contributed by atoms with E-state index < -0.39 is 0 Å². The van der Waals surface area contributed by atoms with Gasteiger partial charge in [0.1, 0.15) is 18.0 Å². The van der Waals surface area contributed by atoms with E-state index in [0.29, 0.717) is 37.4 Å². The standard InChI is InChI=1S/C20H23FN6O2/c1-13(2)29-18-11-17(22-12-23-18)26-6-8-27(9-7-26)20(28)19-15-10-14(21)4-5-16(15)25(3)24-19/h4-5,10-13H,6-9H2,1-3H3. The zero-order valence-corrected chi connectivity index (χ0v) is 16.7. The number of amides is 1. The van der Waals surface area contributed by atoms with Crippen LogP contribution in [0, 0.1) is 5.82 Å². The largest absolute Gasteiger partial charge is 0.475 e. The Morgan fingerprint density at radius 1 is 1.14 bits per heavy atom. The highest BCUT2D eigenvalue weighted by Crippen LogP contribution is 2.22. The van der Waals surface area contributed by atoms with Crippen molar-refractivity contribution in [2.45, 2.75) is 20.0 Å². The zero-order chi connectivity index (χ0) is 20.5. The molecule has 8 nitrogen and oxygen atoms in total. The summed E-state index contributed by atoms with van der Waals surface area (Å²) in [5.41, 5.74) is 1.01. The maximum atomic E-state index is 13.7. The lowest BCUT2D eigenvalue weighted by Crippen LogP contribution is -2.49. The Bertz CT molecular complexity index is 1040. The highest BCUT2D eigenvalue weighted by molar-refractivity contribution is 6.05. The number of piperazine rings is 1. The van der Waals surface area contributed by atoms with Gasteiger partial charge in [0.05, 0.1) is 11.6 Å². The first-order valence-corrected chi connectivity index (χ1v) is 9.57. The Hall–Kier alpha value is -3.23. The first kappa shape index (κ1) is 19.1. The van der Waals surface area contributed by atoms with Crippen LogP contribution >= 0.6 is 0 Å². The number of carbonyl (C=O) groups excluding carboxylic acids is 1. The number of carbonyl (C=O) groups is 1. The molecule has 4 rings (SSSR count). The molecule has 0 atom stereocenters. The molecule has 3 aromatic rings. The molecule has 0 radical (unpaired) electrons. The second-order valence-corrected chi connectivity index (χ2v) is 7.29. The van der Waals surface area contributed by atoms with Gasteiger partial charge in [0.25, 0.3) is 5.91 Å². The van der Waals surface area contributed by atoms with Gasteiger partial charge in [-0.25, -0.2) is 14.4 Å². The van der Waals surface area contributed by atoms with Crippen LogP contribution < -0.4 is 9.64 Å². The number of aromatic nitrogens is 4. The van der Waals surface area contributed by atoms with Crippen molar-refractivity contribution in [2.24, 2.45) is 7.05 Å². The fraction of sp³-hybridized carbons (Fsp3) is 0.400.